The Morgan fingerprint density at radius 1 is 1.29 bits per heavy atom. The van der Waals surface area contributed by atoms with E-state index in [9.17, 15) is 9.59 Å². The first-order valence-electron chi connectivity index (χ1n) is 7.14. The fourth-order valence-corrected chi connectivity index (χ4v) is 3.48. The van der Waals surface area contributed by atoms with Crippen molar-refractivity contribution in [3.8, 4) is 0 Å². The van der Waals surface area contributed by atoms with Crippen LogP contribution in [0.25, 0.3) is 0 Å². The number of carboxylic acids is 1. The lowest BCUT2D eigenvalue weighted by Gasteiger charge is -2.41. The number of carbonyl (C=O) groups is 2. The number of nitrogens with zero attached hydrogens (tertiary/aromatic N) is 1. The highest BCUT2D eigenvalue weighted by Crippen LogP contribution is 2.33. The molecule has 21 heavy (non-hydrogen) atoms. The van der Waals surface area contributed by atoms with E-state index in [0.717, 1.165) is 19.4 Å². The van der Waals surface area contributed by atoms with Gasteiger partial charge in [0.05, 0.1) is 11.5 Å². The number of rotatable bonds is 5. The molecule has 1 aromatic carbocycles. The van der Waals surface area contributed by atoms with E-state index < -0.39 is 5.97 Å². The fraction of sp³-hybridized carbons (Fsp3) is 0.500. The topological polar surface area (TPSA) is 57.6 Å². The Morgan fingerprint density at radius 2 is 2.00 bits per heavy atom. The lowest BCUT2D eigenvalue weighted by molar-refractivity contribution is -0.133. The molecule has 114 valence electrons. The Balaban J connectivity index is 1.97. The molecule has 1 fully saturated rings. The summed E-state index contributed by atoms with van der Waals surface area (Å²) in [5, 5.41) is 8.62. The molecule has 1 aromatic rings. The number of hydrogen-bond acceptors (Lipinski definition) is 3. The maximum Gasteiger partial charge on any atom is 0.313 e. The van der Waals surface area contributed by atoms with E-state index >= 15 is 0 Å². The van der Waals surface area contributed by atoms with Crippen LogP contribution in [-0.2, 0) is 15.0 Å². The molecule has 0 saturated carbocycles. The lowest BCUT2D eigenvalue weighted by Crippen LogP contribution is -2.47. The number of hydrogen-bond donors (Lipinski definition) is 1. The summed E-state index contributed by atoms with van der Waals surface area (Å²) in [6.45, 7) is 3.69. The van der Waals surface area contributed by atoms with Crippen molar-refractivity contribution in [2.75, 3.05) is 24.6 Å². The Hall–Kier alpha value is -1.49. The van der Waals surface area contributed by atoms with Gasteiger partial charge < -0.3 is 10.0 Å². The molecule has 1 aliphatic rings. The SMILES string of the molecule is CC1(c2ccccc2)CCCN(C(=O)CSCC(=O)O)C1. The fourth-order valence-electron chi connectivity index (χ4n) is 2.85. The average molecular weight is 307 g/mol. The predicted octanol–water partition coefficient (Wildman–Crippen LogP) is 2.38. The summed E-state index contributed by atoms with van der Waals surface area (Å²) in [5.41, 5.74) is 1.26. The number of thioether (sulfide) groups is 1. The van der Waals surface area contributed by atoms with E-state index in [1.807, 2.05) is 23.1 Å². The number of piperidine rings is 1. The van der Waals surface area contributed by atoms with Crippen molar-refractivity contribution in [1.29, 1.82) is 0 Å². The van der Waals surface area contributed by atoms with Crippen molar-refractivity contribution in [3.63, 3.8) is 0 Å². The van der Waals surface area contributed by atoms with E-state index in [4.69, 9.17) is 5.11 Å². The quantitative estimate of drug-likeness (QED) is 0.907. The van der Waals surface area contributed by atoms with Gasteiger partial charge in [0.2, 0.25) is 5.91 Å². The molecular formula is C16H21NO3S. The second-order valence-corrected chi connectivity index (χ2v) is 6.72. The highest BCUT2D eigenvalue weighted by molar-refractivity contribution is 8.00. The summed E-state index contributed by atoms with van der Waals surface area (Å²) in [6, 6.07) is 10.3. The molecule has 1 N–H and O–H groups in total. The van der Waals surface area contributed by atoms with Crippen LogP contribution in [0.4, 0.5) is 0 Å². The molecule has 1 amide bonds. The highest BCUT2D eigenvalue weighted by Gasteiger charge is 2.34. The summed E-state index contributed by atoms with van der Waals surface area (Å²) in [6.07, 6.45) is 2.06. The van der Waals surface area contributed by atoms with Crippen LogP contribution in [-0.4, -0.2) is 46.5 Å². The number of carbonyl (C=O) groups excluding carboxylic acids is 1. The van der Waals surface area contributed by atoms with E-state index in [1.165, 1.54) is 17.3 Å². The Labute approximate surface area is 129 Å². The van der Waals surface area contributed by atoms with Gasteiger partial charge in [-0.1, -0.05) is 37.3 Å². The summed E-state index contributed by atoms with van der Waals surface area (Å²) >= 11 is 1.17. The zero-order chi connectivity index (χ0) is 15.3. The van der Waals surface area contributed by atoms with Crippen LogP contribution in [0.5, 0.6) is 0 Å². The van der Waals surface area contributed by atoms with Crippen molar-refractivity contribution in [2.45, 2.75) is 25.2 Å². The van der Waals surface area contributed by atoms with E-state index in [0.29, 0.717) is 6.54 Å². The third-order valence-corrected chi connectivity index (χ3v) is 4.87. The minimum absolute atomic E-state index is 0.00731. The molecule has 1 heterocycles. The molecular weight excluding hydrogens is 286 g/mol. The largest absolute Gasteiger partial charge is 0.481 e. The van der Waals surface area contributed by atoms with E-state index in [2.05, 4.69) is 19.1 Å². The van der Waals surface area contributed by atoms with Crippen LogP contribution in [0.3, 0.4) is 0 Å². The Bertz CT molecular complexity index is 506. The molecule has 1 unspecified atom stereocenters. The van der Waals surface area contributed by atoms with E-state index in [1.54, 1.807) is 0 Å². The monoisotopic (exact) mass is 307 g/mol. The summed E-state index contributed by atoms with van der Waals surface area (Å²) < 4.78 is 0. The number of amides is 1. The third-order valence-electron chi connectivity index (χ3n) is 3.97. The van der Waals surface area contributed by atoms with Gasteiger partial charge in [0.15, 0.2) is 0 Å². The molecule has 5 heteroatoms. The molecule has 0 aliphatic carbocycles. The summed E-state index contributed by atoms with van der Waals surface area (Å²) in [4.78, 5) is 24.6. The zero-order valence-electron chi connectivity index (χ0n) is 12.2. The predicted molar refractivity (Wildman–Crippen MR) is 84.6 cm³/mol. The third kappa shape index (κ3) is 4.24. The van der Waals surface area contributed by atoms with Crippen LogP contribution >= 0.6 is 11.8 Å². The van der Waals surface area contributed by atoms with Crippen LogP contribution in [0.2, 0.25) is 0 Å². The minimum atomic E-state index is -0.874. The molecule has 1 atom stereocenters. The molecule has 1 saturated heterocycles. The molecule has 0 spiro atoms. The van der Waals surface area contributed by atoms with Gasteiger partial charge in [-0.05, 0) is 18.4 Å². The normalized spacial score (nSPS) is 22.0. The van der Waals surface area contributed by atoms with Gasteiger partial charge in [-0.2, -0.15) is 0 Å². The highest BCUT2D eigenvalue weighted by atomic mass is 32.2. The van der Waals surface area contributed by atoms with Gasteiger partial charge in [-0.25, -0.2) is 0 Å². The minimum Gasteiger partial charge on any atom is -0.481 e. The van der Waals surface area contributed by atoms with Crippen molar-refractivity contribution >= 4 is 23.6 Å². The molecule has 1 aliphatic heterocycles. The van der Waals surface area contributed by atoms with Crippen LogP contribution < -0.4 is 0 Å². The van der Waals surface area contributed by atoms with Gasteiger partial charge >= 0.3 is 5.97 Å². The van der Waals surface area contributed by atoms with E-state index in [-0.39, 0.29) is 22.8 Å². The maximum absolute atomic E-state index is 12.2. The van der Waals surface area contributed by atoms with Crippen molar-refractivity contribution in [2.24, 2.45) is 0 Å². The van der Waals surface area contributed by atoms with Crippen molar-refractivity contribution in [3.05, 3.63) is 35.9 Å². The van der Waals surface area contributed by atoms with Gasteiger partial charge in [0.1, 0.15) is 0 Å². The van der Waals surface area contributed by atoms with Crippen molar-refractivity contribution in [1.82, 2.24) is 4.90 Å². The summed E-state index contributed by atoms with van der Waals surface area (Å²) in [7, 11) is 0. The Morgan fingerprint density at radius 3 is 2.67 bits per heavy atom. The Kier molecular flexibility index (Phi) is 5.28. The van der Waals surface area contributed by atoms with Gasteiger partial charge in [-0.15, -0.1) is 11.8 Å². The number of carboxylic acid groups (broad SMARTS) is 1. The summed E-state index contributed by atoms with van der Waals surface area (Å²) in [5.74, 6) is -0.601. The van der Waals surface area contributed by atoms with Crippen molar-refractivity contribution < 1.29 is 14.7 Å². The number of benzene rings is 1. The molecule has 2 rings (SSSR count). The second kappa shape index (κ2) is 6.98. The first kappa shape index (κ1) is 15.9. The number of aliphatic carboxylic acids is 1. The molecule has 4 nitrogen and oxygen atoms in total. The first-order chi connectivity index (χ1) is 10.0. The standard InChI is InChI=1S/C16H21NO3S/c1-16(13-6-3-2-4-7-13)8-5-9-17(12-16)14(18)10-21-11-15(19)20/h2-4,6-7H,5,8-12H2,1H3,(H,19,20). The van der Waals surface area contributed by atoms with Crippen LogP contribution in [0, 0.1) is 0 Å². The average Bonchev–Trinajstić information content (AvgIpc) is 2.48. The maximum atomic E-state index is 12.2. The first-order valence-corrected chi connectivity index (χ1v) is 8.29. The zero-order valence-corrected chi connectivity index (χ0v) is 13.1. The van der Waals surface area contributed by atoms with Gasteiger partial charge in [0, 0.05) is 18.5 Å². The second-order valence-electron chi connectivity index (χ2n) is 5.73. The molecule has 0 aromatic heterocycles. The molecule has 0 radical (unpaired) electrons. The molecule has 0 bridgehead atoms. The van der Waals surface area contributed by atoms with Gasteiger partial charge in [0.25, 0.3) is 0 Å². The van der Waals surface area contributed by atoms with Crippen LogP contribution in [0.15, 0.2) is 30.3 Å². The van der Waals surface area contributed by atoms with Crippen LogP contribution in [0.1, 0.15) is 25.3 Å². The van der Waals surface area contributed by atoms with Gasteiger partial charge in [-0.3, -0.25) is 9.59 Å². The number of likely N-dealkylation sites (tertiary alicyclic amines) is 1. The lowest BCUT2D eigenvalue weighted by atomic mass is 9.76. The smallest absolute Gasteiger partial charge is 0.313 e.